The van der Waals surface area contributed by atoms with E-state index in [4.69, 9.17) is 15.2 Å². The number of hydrogen-bond donors (Lipinski definition) is 1. The van der Waals surface area contributed by atoms with Crippen molar-refractivity contribution in [3.63, 3.8) is 0 Å². The Kier molecular flexibility index (Phi) is 3.73. The normalized spacial score (nSPS) is 34.0. The van der Waals surface area contributed by atoms with E-state index in [1.54, 1.807) is 0 Å². The smallest absolute Gasteiger partial charge is 0.347 e. The van der Waals surface area contributed by atoms with Crippen LogP contribution in [0.1, 0.15) is 32.1 Å². The number of nitrogens with zero attached hydrogens (tertiary/aromatic N) is 1. The van der Waals surface area contributed by atoms with Crippen LogP contribution in [0.15, 0.2) is 0 Å². The monoisotopic (exact) mass is 294 g/mol. The highest BCUT2D eigenvalue weighted by atomic mass is 19.4. The first-order chi connectivity index (χ1) is 9.39. The Balaban J connectivity index is 1.74. The summed E-state index contributed by atoms with van der Waals surface area (Å²) in [6.45, 7) is 0.154. The van der Waals surface area contributed by atoms with Crippen LogP contribution in [0.2, 0.25) is 0 Å². The van der Waals surface area contributed by atoms with Crippen molar-refractivity contribution in [2.24, 2.45) is 5.73 Å². The standard InChI is InChI=1S/C13H21F3N2O2/c14-13(15,16)8-18(9-1-2-9)11-7-12(4-3-10(11)17)19-5-6-20-12/h9-11H,1-8,17H2. The summed E-state index contributed by atoms with van der Waals surface area (Å²) in [4.78, 5) is 1.54. The van der Waals surface area contributed by atoms with Crippen LogP contribution in [0, 0.1) is 0 Å². The second-order valence-corrected chi connectivity index (χ2v) is 6.10. The summed E-state index contributed by atoms with van der Waals surface area (Å²) < 4.78 is 49.7. The van der Waals surface area contributed by atoms with Gasteiger partial charge >= 0.3 is 6.18 Å². The van der Waals surface area contributed by atoms with Crippen molar-refractivity contribution in [1.82, 2.24) is 4.90 Å². The van der Waals surface area contributed by atoms with Gasteiger partial charge in [0.1, 0.15) is 0 Å². The van der Waals surface area contributed by atoms with Crippen LogP contribution in [-0.2, 0) is 9.47 Å². The van der Waals surface area contributed by atoms with Gasteiger partial charge in [-0.15, -0.1) is 0 Å². The average molecular weight is 294 g/mol. The van der Waals surface area contributed by atoms with Gasteiger partial charge in [0.15, 0.2) is 5.79 Å². The lowest BCUT2D eigenvalue weighted by atomic mass is 9.85. The van der Waals surface area contributed by atoms with Crippen molar-refractivity contribution in [3.05, 3.63) is 0 Å². The Morgan fingerprint density at radius 3 is 2.35 bits per heavy atom. The summed E-state index contributed by atoms with van der Waals surface area (Å²) in [6, 6.07) is -0.531. The van der Waals surface area contributed by atoms with E-state index in [-0.39, 0.29) is 18.1 Å². The highest BCUT2D eigenvalue weighted by molar-refractivity contribution is 5.00. The summed E-state index contributed by atoms with van der Waals surface area (Å²) in [5, 5.41) is 0. The number of rotatable bonds is 3. The molecule has 3 fully saturated rings. The van der Waals surface area contributed by atoms with Gasteiger partial charge in [-0.2, -0.15) is 13.2 Å². The number of nitrogens with two attached hydrogens (primary N) is 1. The fraction of sp³-hybridized carbons (Fsp3) is 1.00. The third kappa shape index (κ3) is 3.10. The Hall–Kier alpha value is -0.370. The lowest BCUT2D eigenvalue weighted by molar-refractivity contribution is -0.203. The first kappa shape index (κ1) is 14.6. The minimum atomic E-state index is -4.19. The lowest BCUT2D eigenvalue weighted by Gasteiger charge is -2.45. The van der Waals surface area contributed by atoms with E-state index in [2.05, 4.69) is 0 Å². The van der Waals surface area contributed by atoms with E-state index in [9.17, 15) is 13.2 Å². The molecular formula is C13H21F3N2O2. The molecule has 2 aliphatic carbocycles. The molecule has 3 aliphatic rings. The maximum atomic E-state index is 12.8. The minimum absolute atomic E-state index is 0.0178. The Morgan fingerprint density at radius 2 is 1.80 bits per heavy atom. The van der Waals surface area contributed by atoms with Crippen LogP contribution >= 0.6 is 0 Å². The fourth-order valence-electron chi connectivity index (χ4n) is 3.40. The third-order valence-corrected chi connectivity index (χ3v) is 4.49. The molecule has 116 valence electrons. The van der Waals surface area contributed by atoms with Crippen molar-refractivity contribution < 1.29 is 22.6 Å². The number of alkyl halides is 3. The van der Waals surface area contributed by atoms with Crippen LogP contribution in [0.4, 0.5) is 13.2 Å². The summed E-state index contributed by atoms with van der Waals surface area (Å²) in [5.74, 6) is -0.695. The summed E-state index contributed by atoms with van der Waals surface area (Å²) in [5.41, 5.74) is 6.10. The zero-order valence-corrected chi connectivity index (χ0v) is 11.4. The summed E-state index contributed by atoms with van der Waals surface area (Å²) in [7, 11) is 0. The Labute approximate surface area is 116 Å². The van der Waals surface area contributed by atoms with Gasteiger partial charge in [0.25, 0.3) is 0 Å². The van der Waals surface area contributed by atoms with Crippen molar-refractivity contribution in [2.45, 2.75) is 62.2 Å². The summed E-state index contributed by atoms with van der Waals surface area (Å²) in [6.07, 6.45) is -0.770. The van der Waals surface area contributed by atoms with Gasteiger partial charge in [0.05, 0.1) is 19.8 Å². The molecule has 2 N–H and O–H groups in total. The highest BCUT2D eigenvalue weighted by Crippen LogP contribution is 2.41. The molecule has 2 saturated carbocycles. The molecule has 2 atom stereocenters. The van der Waals surface area contributed by atoms with Gasteiger partial charge in [-0.25, -0.2) is 0 Å². The molecule has 0 radical (unpaired) electrons. The molecule has 1 aliphatic heterocycles. The Morgan fingerprint density at radius 1 is 1.15 bits per heavy atom. The van der Waals surface area contributed by atoms with E-state index in [0.717, 1.165) is 12.8 Å². The zero-order valence-electron chi connectivity index (χ0n) is 11.4. The SMILES string of the molecule is NC1CCC2(CC1N(CC(F)(F)F)C1CC1)OCCO2. The molecule has 4 nitrogen and oxygen atoms in total. The lowest BCUT2D eigenvalue weighted by Crippen LogP contribution is -2.58. The molecule has 0 aromatic heterocycles. The number of ether oxygens (including phenoxy) is 2. The molecule has 20 heavy (non-hydrogen) atoms. The molecule has 0 amide bonds. The fourth-order valence-corrected chi connectivity index (χ4v) is 3.40. The van der Waals surface area contributed by atoms with Crippen LogP contribution in [0.5, 0.6) is 0 Å². The largest absolute Gasteiger partial charge is 0.401 e. The van der Waals surface area contributed by atoms with Crippen LogP contribution < -0.4 is 5.73 Å². The van der Waals surface area contributed by atoms with Gasteiger partial charge in [-0.05, 0) is 19.3 Å². The van der Waals surface area contributed by atoms with E-state index < -0.39 is 18.5 Å². The number of halogens is 3. The maximum absolute atomic E-state index is 12.8. The molecule has 1 saturated heterocycles. The average Bonchev–Trinajstić information content (AvgIpc) is 3.11. The zero-order chi connectivity index (χ0) is 14.4. The molecule has 1 heterocycles. The van der Waals surface area contributed by atoms with E-state index in [1.165, 1.54) is 4.90 Å². The van der Waals surface area contributed by atoms with Crippen molar-refractivity contribution in [3.8, 4) is 0 Å². The van der Waals surface area contributed by atoms with Crippen molar-refractivity contribution in [1.29, 1.82) is 0 Å². The first-order valence-corrected chi connectivity index (χ1v) is 7.25. The second kappa shape index (κ2) is 5.12. The molecule has 0 aromatic carbocycles. The predicted octanol–water partition coefficient (Wildman–Crippen LogP) is 1.64. The van der Waals surface area contributed by atoms with Crippen LogP contribution in [0.3, 0.4) is 0 Å². The van der Waals surface area contributed by atoms with E-state index in [0.29, 0.717) is 32.5 Å². The molecule has 3 rings (SSSR count). The third-order valence-electron chi connectivity index (χ3n) is 4.49. The van der Waals surface area contributed by atoms with Gasteiger partial charge in [0.2, 0.25) is 0 Å². The van der Waals surface area contributed by atoms with Crippen LogP contribution in [-0.4, -0.2) is 54.7 Å². The summed E-state index contributed by atoms with van der Waals surface area (Å²) >= 11 is 0. The van der Waals surface area contributed by atoms with Gasteiger partial charge in [-0.3, -0.25) is 4.90 Å². The number of hydrogen-bond acceptors (Lipinski definition) is 4. The van der Waals surface area contributed by atoms with Gasteiger partial charge < -0.3 is 15.2 Å². The maximum Gasteiger partial charge on any atom is 0.401 e. The van der Waals surface area contributed by atoms with Gasteiger partial charge in [0, 0.05) is 31.0 Å². The van der Waals surface area contributed by atoms with Crippen molar-refractivity contribution in [2.75, 3.05) is 19.8 Å². The van der Waals surface area contributed by atoms with E-state index >= 15 is 0 Å². The van der Waals surface area contributed by atoms with Crippen LogP contribution in [0.25, 0.3) is 0 Å². The molecular weight excluding hydrogens is 273 g/mol. The van der Waals surface area contributed by atoms with Gasteiger partial charge in [-0.1, -0.05) is 0 Å². The second-order valence-electron chi connectivity index (χ2n) is 6.10. The van der Waals surface area contributed by atoms with Crippen molar-refractivity contribution >= 4 is 0 Å². The van der Waals surface area contributed by atoms with E-state index in [1.807, 2.05) is 0 Å². The molecule has 0 bridgehead atoms. The topological polar surface area (TPSA) is 47.7 Å². The molecule has 2 unspecified atom stereocenters. The Bertz CT molecular complexity index is 354. The molecule has 7 heteroatoms. The molecule has 1 spiro atoms. The predicted molar refractivity (Wildman–Crippen MR) is 66.0 cm³/mol. The highest BCUT2D eigenvalue weighted by Gasteiger charge is 2.50. The molecule has 0 aromatic rings. The first-order valence-electron chi connectivity index (χ1n) is 7.25. The minimum Gasteiger partial charge on any atom is -0.347 e. The quantitative estimate of drug-likeness (QED) is 0.859.